The molecule has 0 amide bonds. The third kappa shape index (κ3) is 2.78. The molecule has 0 saturated carbocycles. The first-order valence-corrected chi connectivity index (χ1v) is 4.13. The van der Waals surface area contributed by atoms with Crippen LogP contribution in [0.2, 0.25) is 0 Å². The van der Waals surface area contributed by atoms with Crippen molar-refractivity contribution in [3.8, 4) is 0 Å². The molecule has 0 saturated heterocycles. The van der Waals surface area contributed by atoms with Gasteiger partial charge in [-0.3, -0.25) is 0 Å². The fourth-order valence-electron chi connectivity index (χ4n) is 0.764. The van der Waals surface area contributed by atoms with E-state index >= 15 is 0 Å². The molecule has 1 aromatic rings. The van der Waals surface area contributed by atoms with Gasteiger partial charge in [0, 0.05) is 18.9 Å². The average molecular weight is 169 g/mol. The topological polar surface area (TPSA) is 42.2 Å². The van der Waals surface area contributed by atoms with Crippen molar-refractivity contribution in [2.24, 2.45) is 0 Å². The van der Waals surface area contributed by atoms with Crippen LogP contribution in [0.4, 0.5) is 0 Å². The minimum atomic E-state index is -0.868. The number of hydrogen-bond acceptors (Lipinski definition) is 1. The molecule has 0 radical (unpaired) electrons. The van der Waals surface area contributed by atoms with Crippen LogP contribution in [-0.4, -0.2) is 15.6 Å². The Morgan fingerprint density at radius 2 is 2.17 bits per heavy atom. The summed E-state index contributed by atoms with van der Waals surface area (Å²) in [5.41, 5.74) is 0.349. The second kappa shape index (κ2) is 5.41. The third-order valence-corrected chi connectivity index (χ3v) is 1.36. The second-order valence-electron chi connectivity index (χ2n) is 2.04. The summed E-state index contributed by atoms with van der Waals surface area (Å²) in [6.07, 6.45) is 3.37. The van der Waals surface area contributed by atoms with Crippen molar-refractivity contribution < 1.29 is 9.90 Å². The van der Waals surface area contributed by atoms with E-state index in [0.29, 0.717) is 5.56 Å². The molecule has 0 spiro atoms. The van der Waals surface area contributed by atoms with E-state index in [2.05, 4.69) is 0 Å². The highest BCUT2D eigenvalue weighted by Gasteiger charge is 2.01. The van der Waals surface area contributed by atoms with Crippen molar-refractivity contribution in [1.29, 1.82) is 0 Å². The molecule has 3 nitrogen and oxygen atoms in total. The van der Waals surface area contributed by atoms with Crippen LogP contribution in [0.15, 0.2) is 18.5 Å². The lowest BCUT2D eigenvalue weighted by molar-refractivity contribution is 0.0697. The molecule has 12 heavy (non-hydrogen) atoms. The molecule has 0 unspecified atom stereocenters. The summed E-state index contributed by atoms with van der Waals surface area (Å²) in [4.78, 5) is 10.3. The Morgan fingerprint density at radius 3 is 2.42 bits per heavy atom. The minimum Gasteiger partial charge on any atom is -0.478 e. The highest BCUT2D eigenvalue weighted by atomic mass is 16.4. The summed E-state index contributed by atoms with van der Waals surface area (Å²) >= 11 is 0. The van der Waals surface area contributed by atoms with E-state index < -0.39 is 5.97 Å². The van der Waals surface area contributed by atoms with Gasteiger partial charge in [0.15, 0.2) is 0 Å². The summed E-state index contributed by atoms with van der Waals surface area (Å²) in [6, 6.07) is 1.59. The molecule has 1 heterocycles. The van der Waals surface area contributed by atoms with Gasteiger partial charge in [-0.05, 0) is 13.0 Å². The zero-order valence-electron chi connectivity index (χ0n) is 7.74. The Bertz CT molecular complexity index is 240. The van der Waals surface area contributed by atoms with E-state index in [1.165, 1.54) is 0 Å². The van der Waals surface area contributed by atoms with E-state index in [4.69, 9.17) is 5.11 Å². The lowest BCUT2D eigenvalue weighted by atomic mass is 10.4. The lowest BCUT2D eigenvalue weighted by Crippen LogP contribution is -1.94. The molecule has 0 aromatic carbocycles. The highest BCUT2D eigenvalue weighted by molar-refractivity contribution is 5.87. The molecule has 68 valence electrons. The zero-order valence-corrected chi connectivity index (χ0v) is 7.74. The molecule has 0 bridgehead atoms. The molecule has 1 aromatic heterocycles. The van der Waals surface area contributed by atoms with Crippen LogP contribution in [0, 0.1) is 0 Å². The summed E-state index contributed by atoms with van der Waals surface area (Å²) in [5, 5.41) is 8.48. The molecule has 0 fully saturated rings. The Hall–Kier alpha value is -1.25. The smallest absolute Gasteiger partial charge is 0.337 e. The predicted molar refractivity (Wildman–Crippen MR) is 48.4 cm³/mol. The number of aromatic nitrogens is 1. The van der Waals surface area contributed by atoms with Crippen LogP contribution < -0.4 is 0 Å². The van der Waals surface area contributed by atoms with Gasteiger partial charge in [0.05, 0.1) is 5.56 Å². The first-order chi connectivity index (χ1) is 5.74. The lowest BCUT2D eigenvalue weighted by Gasteiger charge is -1.91. The van der Waals surface area contributed by atoms with Gasteiger partial charge in [-0.2, -0.15) is 0 Å². The van der Waals surface area contributed by atoms with Crippen LogP contribution in [0.5, 0.6) is 0 Å². The van der Waals surface area contributed by atoms with Gasteiger partial charge in [-0.1, -0.05) is 13.8 Å². The van der Waals surface area contributed by atoms with Crippen molar-refractivity contribution >= 4 is 5.97 Å². The quantitative estimate of drug-likeness (QED) is 0.737. The van der Waals surface area contributed by atoms with Crippen molar-refractivity contribution in [1.82, 2.24) is 4.57 Å². The van der Waals surface area contributed by atoms with Crippen molar-refractivity contribution in [3.05, 3.63) is 24.0 Å². The molecule has 0 aliphatic heterocycles. The summed E-state index contributed by atoms with van der Waals surface area (Å²) < 4.78 is 1.82. The highest BCUT2D eigenvalue weighted by Crippen LogP contribution is 1.99. The number of carboxylic acids is 1. The molecule has 0 atom stereocenters. The maximum Gasteiger partial charge on any atom is 0.337 e. The number of carbonyl (C=O) groups is 1. The largest absolute Gasteiger partial charge is 0.478 e. The zero-order chi connectivity index (χ0) is 9.56. The van der Waals surface area contributed by atoms with Crippen LogP contribution in [0.1, 0.15) is 31.1 Å². The Kier molecular flexibility index (Phi) is 4.84. The standard InChI is InChI=1S/C7H9NO2.C2H6/c1-2-8-4-3-6(5-8)7(9)10;1-2/h3-5H,2H2,1H3,(H,9,10);1-2H3. The molecular formula is C9H15NO2. The predicted octanol–water partition coefficient (Wildman–Crippen LogP) is 2.23. The van der Waals surface area contributed by atoms with Gasteiger partial charge in [0.1, 0.15) is 0 Å². The number of aryl methyl sites for hydroxylation is 1. The third-order valence-electron chi connectivity index (χ3n) is 1.36. The number of nitrogens with zero attached hydrogens (tertiary/aromatic N) is 1. The summed E-state index contributed by atoms with van der Waals surface area (Å²) in [5.74, 6) is -0.868. The van der Waals surface area contributed by atoms with Crippen LogP contribution >= 0.6 is 0 Å². The number of carboxylic acid groups (broad SMARTS) is 1. The van der Waals surface area contributed by atoms with Crippen LogP contribution in [0.25, 0.3) is 0 Å². The van der Waals surface area contributed by atoms with Crippen LogP contribution in [0.3, 0.4) is 0 Å². The van der Waals surface area contributed by atoms with E-state index in [9.17, 15) is 4.79 Å². The Morgan fingerprint density at radius 1 is 1.58 bits per heavy atom. The normalized spacial score (nSPS) is 8.58. The Labute approximate surface area is 72.6 Å². The first kappa shape index (κ1) is 10.8. The number of hydrogen-bond donors (Lipinski definition) is 1. The summed E-state index contributed by atoms with van der Waals surface area (Å²) in [7, 11) is 0. The van der Waals surface area contributed by atoms with Crippen molar-refractivity contribution in [2.45, 2.75) is 27.3 Å². The van der Waals surface area contributed by atoms with E-state index in [1.54, 1.807) is 18.5 Å². The van der Waals surface area contributed by atoms with Gasteiger partial charge < -0.3 is 9.67 Å². The molecule has 0 aliphatic rings. The molecule has 3 heteroatoms. The second-order valence-corrected chi connectivity index (χ2v) is 2.04. The van der Waals surface area contributed by atoms with Crippen molar-refractivity contribution in [2.75, 3.05) is 0 Å². The number of aromatic carboxylic acids is 1. The van der Waals surface area contributed by atoms with E-state index in [-0.39, 0.29) is 0 Å². The fourth-order valence-corrected chi connectivity index (χ4v) is 0.764. The molecular weight excluding hydrogens is 154 g/mol. The van der Waals surface area contributed by atoms with E-state index in [0.717, 1.165) is 6.54 Å². The number of rotatable bonds is 2. The molecule has 1 rings (SSSR count). The maximum absolute atomic E-state index is 10.3. The first-order valence-electron chi connectivity index (χ1n) is 4.13. The monoisotopic (exact) mass is 169 g/mol. The molecule has 1 N–H and O–H groups in total. The van der Waals surface area contributed by atoms with Gasteiger partial charge >= 0.3 is 5.97 Å². The Balaban J connectivity index is 0.000000561. The van der Waals surface area contributed by atoms with Gasteiger partial charge in [-0.25, -0.2) is 4.79 Å². The molecule has 0 aliphatic carbocycles. The van der Waals surface area contributed by atoms with Gasteiger partial charge in [0.2, 0.25) is 0 Å². The SMILES string of the molecule is CC.CCn1ccc(C(=O)O)c1. The summed E-state index contributed by atoms with van der Waals surface area (Å²) in [6.45, 7) is 6.78. The fraction of sp³-hybridized carbons (Fsp3) is 0.444. The van der Waals surface area contributed by atoms with Crippen LogP contribution in [-0.2, 0) is 6.54 Å². The van der Waals surface area contributed by atoms with Crippen molar-refractivity contribution in [3.63, 3.8) is 0 Å². The van der Waals surface area contributed by atoms with E-state index in [1.807, 2.05) is 25.3 Å². The average Bonchev–Trinajstić information content (AvgIpc) is 2.55. The minimum absolute atomic E-state index is 0.349. The van der Waals surface area contributed by atoms with Gasteiger partial charge in [-0.15, -0.1) is 0 Å². The van der Waals surface area contributed by atoms with Gasteiger partial charge in [0.25, 0.3) is 0 Å². The maximum atomic E-state index is 10.3.